The Morgan fingerprint density at radius 3 is 2.80 bits per heavy atom. The number of nitrogens with two attached hydrogens (primary N) is 1. The number of nitrogens with zero attached hydrogens (tertiary/aromatic N) is 2. The zero-order valence-corrected chi connectivity index (χ0v) is 13.2. The van der Waals surface area contributed by atoms with E-state index in [1.165, 1.54) is 0 Å². The van der Waals surface area contributed by atoms with Crippen LogP contribution in [0, 0.1) is 0 Å². The molecule has 1 heterocycles. The number of hydrogen-bond acceptors (Lipinski definition) is 2. The maximum Gasteiger partial charge on any atom is 0.142 e. The Morgan fingerprint density at radius 2 is 2.05 bits per heavy atom. The number of benzene rings is 2. The minimum absolute atomic E-state index is 0.691. The van der Waals surface area contributed by atoms with Crippen molar-refractivity contribution >= 4 is 44.3 Å². The van der Waals surface area contributed by atoms with Gasteiger partial charge in [-0.25, -0.2) is 4.98 Å². The van der Waals surface area contributed by atoms with Gasteiger partial charge in [0.1, 0.15) is 5.82 Å². The van der Waals surface area contributed by atoms with Gasteiger partial charge >= 0.3 is 0 Å². The second-order valence-corrected chi connectivity index (χ2v) is 5.84. The van der Waals surface area contributed by atoms with E-state index in [4.69, 9.17) is 22.3 Å². The van der Waals surface area contributed by atoms with Crippen molar-refractivity contribution in [2.75, 3.05) is 5.73 Å². The number of fused-ring (bicyclic) bond motifs is 1. The van der Waals surface area contributed by atoms with Gasteiger partial charge in [-0.2, -0.15) is 0 Å². The van der Waals surface area contributed by atoms with Crippen LogP contribution in [0.1, 0.15) is 6.92 Å². The molecule has 20 heavy (non-hydrogen) atoms. The molecule has 5 heteroatoms. The Morgan fingerprint density at radius 1 is 1.25 bits per heavy atom. The summed E-state index contributed by atoms with van der Waals surface area (Å²) in [6.07, 6.45) is 0. The summed E-state index contributed by atoms with van der Waals surface area (Å²) in [5, 5.41) is 0.691. The molecule has 0 bridgehead atoms. The predicted octanol–water partition coefficient (Wildman–Crippen LogP) is 4.72. The number of hydrogen-bond donors (Lipinski definition) is 1. The fourth-order valence-electron chi connectivity index (χ4n) is 2.34. The molecule has 102 valence electrons. The molecule has 0 aliphatic heterocycles. The molecule has 0 saturated heterocycles. The number of aromatic nitrogens is 2. The van der Waals surface area contributed by atoms with Gasteiger partial charge < -0.3 is 10.3 Å². The Kier molecular flexibility index (Phi) is 3.44. The lowest BCUT2D eigenvalue weighted by Gasteiger charge is -2.08. The van der Waals surface area contributed by atoms with Crippen LogP contribution in [0.15, 0.2) is 40.9 Å². The van der Waals surface area contributed by atoms with Crippen molar-refractivity contribution < 1.29 is 0 Å². The van der Waals surface area contributed by atoms with Crippen molar-refractivity contribution in [3.05, 3.63) is 45.9 Å². The molecule has 1 aromatic heterocycles. The van der Waals surface area contributed by atoms with Crippen LogP contribution in [-0.2, 0) is 6.54 Å². The first kappa shape index (κ1) is 13.5. The van der Waals surface area contributed by atoms with Crippen molar-refractivity contribution in [3.63, 3.8) is 0 Å². The highest BCUT2D eigenvalue weighted by Crippen LogP contribution is 2.32. The smallest absolute Gasteiger partial charge is 0.142 e. The van der Waals surface area contributed by atoms with E-state index in [2.05, 4.69) is 27.4 Å². The number of anilines is 1. The van der Waals surface area contributed by atoms with Crippen LogP contribution >= 0.6 is 27.5 Å². The minimum Gasteiger partial charge on any atom is -0.399 e. The summed E-state index contributed by atoms with van der Waals surface area (Å²) in [5.41, 5.74) is 9.56. The SMILES string of the molecule is CCn1c(-c2cc(N)ccc2Br)nc2cc(Cl)ccc21. The molecule has 2 N–H and O–H groups in total. The van der Waals surface area contributed by atoms with Crippen molar-refractivity contribution in [2.45, 2.75) is 13.5 Å². The summed E-state index contributed by atoms with van der Waals surface area (Å²) in [7, 11) is 0. The molecule has 3 aromatic rings. The molecule has 0 unspecified atom stereocenters. The molecule has 0 saturated carbocycles. The average Bonchev–Trinajstić information content (AvgIpc) is 2.78. The third kappa shape index (κ3) is 2.19. The van der Waals surface area contributed by atoms with E-state index in [1.807, 2.05) is 36.4 Å². The first-order valence-corrected chi connectivity index (χ1v) is 7.48. The van der Waals surface area contributed by atoms with Crippen molar-refractivity contribution in [1.82, 2.24) is 9.55 Å². The van der Waals surface area contributed by atoms with Crippen LogP contribution in [0.3, 0.4) is 0 Å². The highest BCUT2D eigenvalue weighted by atomic mass is 79.9. The molecule has 0 spiro atoms. The summed E-state index contributed by atoms with van der Waals surface area (Å²) in [6.45, 7) is 2.92. The molecule has 0 atom stereocenters. The molecular weight excluding hydrogens is 338 g/mol. The van der Waals surface area contributed by atoms with E-state index in [9.17, 15) is 0 Å². The van der Waals surface area contributed by atoms with Crippen LogP contribution in [0.25, 0.3) is 22.4 Å². The van der Waals surface area contributed by atoms with E-state index < -0.39 is 0 Å². The average molecular weight is 351 g/mol. The number of aryl methyl sites for hydroxylation is 1. The van der Waals surface area contributed by atoms with Gasteiger partial charge in [-0.15, -0.1) is 0 Å². The Bertz CT molecular complexity index is 795. The first-order valence-electron chi connectivity index (χ1n) is 6.31. The topological polar surface area (TPSA) is 43.8 Å². The molecule has 0 amide bonds. The largest absolute Gasteiger partial charge is 0.399 e. The number of nitrogen functional groups attached to an aromatic ring is 1. The molecule has 0 radical (unpaired) electrons. The zero-order valence-electron chi connectivity index (χ0n) is 10.9. The van der Waals surface area contributed by atoms with Crippen LogP contribution in [0.4, 0.5) is 5.69 Å². The van der Waals surface area contributed by atoms with Crippen LogP contribution in [0.2, 0.25) is 5.02 Å². The Balaban J connectivity index is 2.32. The first-order chi connectivity index (χ1) is 9.60. The number of imidazole rings is 1. The molecular formula is C15H13BrClN3. The van der Waals surface area contributed by atoms with E-state index >= 15 is 0 Å². The van der Waals surface area contributed by atoms with Gasteiger partial charge in [-0.3, -0.25) is 0 Å². The summed E-state index contributed by atoms with van der Waals surface area (Å²) >= 11 is 9.61. The van der Waals surface area contributed by atoms with Crippen LogP contribution < -0.4 is 5.73 Å². The quantitative estimate of drug-likeness (QED) is 0.680. The fraction of sp³-hybridized carbons (Fsp3) is 0.133. The summed E-state index contributed by atoms with van der Waals surface area (Å²) in [6, 6.07) is 11.5. The lowest BCUT2D eigenvalue weighted by molar-refractivity contribution is 0.796. The van der Waals surface area contributed by atoms with Gasteiger partial charge in [0.2, 0.25) is 0 Å². The van der Waals surface area contributed by atoms with Gasteiger partial charge in [-0.05, 0) is 43.3 Å². The minimum atomic E-state index is 0.691. The second-order valence-electron chi connectivity index (χ2n) is 4.55. The lowest BCUT2D eigenvalue weighted by atomic mass is 10.2. The van der Waals surface area contributed by atoms with Gasteiger partial charge in [0.25, 0.3) is 0 Å². The third-order valence-corrected chi connectivity index (χ3v) is 4.18. The third-order valence-electron chi connectivity index (χ3n) is 3.26. The normalized spacial score (nSPS) is 11.2. The fourth-order valence-corrected chi connectivity index (χ4v) is 2.93. The molecule has 2 aromatic carbocycles. The van der Waals surface area contributed by atoms with Crippen LogP contribution in [0.5, 0.6) is 0 Å². The van der Waals surface area contributed by atoms with Gasteiger partial charge in [0.15, 0.2) is 0 Å². The van der Waals surface area contributed by atoms with E-state index in [-0.39, 0.29) is 0 Å². The van der Waals surface area contributed by atoms with Gasteiger partial charge in [0.05, 0.1) is 11.0 Å². The van der Waals surface area contributed by atoms with E-state index in [0.29, 0.717) is 5.02 Å². The van der Waals surface area contributed by atoms with Gasteiger partial charge in [0, 0.05) is 27.3 Å². The zero-order chi connectivity index (χ0) is 14.3. The van der Waals surface area contributed by atoms with E-state index in [0.717, 1.165) is 39.1 Å². The Hall–Kier alpha value is -1.52. The van der Waals surface area contributed by atoms with Crippen molar-refractivity contribution in [3.8, 4) is 11.4 Å². The highest BCUT2D eigenvalue weighted by Gasteiger charge is 2.14. The Labute approximate surface area is 130 Å². The molecule has 3 rings (SSSR count). The second kappa shape index (κ2) is 5.11. The highest BCUT2D eigenvalue weighted by molar-refractivity contribution is 9.10. The number of rotatable bonds is 2. The summed E-state index contributed by atoms with van der Waals surface area (Å²) in [4.78, 5) is 4.71. The lowest BCUT2D eigenvalue weighted by Crippen LogP contribution is -1.98. The standard InChI is InChI=1S/C15H13BrClN3/c1-2-20-14-6-3-9(17)7-13(14)19-15(20)11-8-10(18)4-5-12(11)16/h3-8H,2,18H2,1H3. The predicted molar refractivity (Wildman–Crippen MR) is 88.0 cm³/mol. The maximum atomic E-state index is 6.05. The summed E-state index contributed by atoms with van der Waals surface area (Å²) < 4.78 is 3.13. The van der Waals surface area contributed by atoms with Crippen molar-refractivity contribution in [2.24, 2.45) is 0 Å². The molecule has 0 aliphatic carbocycles. The molecule has 3 nitrogen and oxygen atoms in total. The van der Waals surface area contributed by atoms with Crippen LogP contribution in [-0.4, -0.2) is 9.55 Å². The molecule has 0 aliphatic rings. The summed E-state index contributed by atoms with van der Waals surface area (Å²) in [5.74, 6) is 0.893. The van der Waals surface area contributed by atoms with Gasteiger partial charge in [-0.1, -0.05) is 27.5 Å². The van der Waals surface area contributed by atoms with Crippen molar-refractivity contribution in [1.29, 1.82) is 0 Å². The number of halogens is 2. The maximum absolute atomic E-state index is 6.05. The van der Waals surface area contributed by atoms with E-state index in [1.54, 1.807) is 0 Å². The molecule has 0 fully saturated rings. The monoisotopic (exact) mass is 349 g/mol.